The molecule has 0 saturated carbocycles. The Balaban J connectivity index is 2.02. The van der Waals surface area contributed by atoms with E-state index < -0.39 is 0 Å². The number of rotatable bonds is 6. The van der Waals surface area contributed by atoms with E-state index in [2.05, 4.69) is 11.9 Å². The lowest BCUT2D eigenvalue weighted by molar-refractivity contribution is 0.276. The highest BCUT2D eigenvalue weighted by molar-refractivity contribution is 5.35. The second-order valence-electron chi connectivity index (χ2n) is 4.06. The maximum Gasteiger partial charge on any atom is 0.130 e. The summed E-state index contributed by atoms with van der Waals surface area (Å²) in [7, 11) is 0. The van der Waals surface area contributed by atoms with E-state index in [4.69, 9.17) is 14.6 Å². The molecule has 0 aliphatic carbocycles. The van der Waals surface area contributed by atoms with Gasteiger partial charge >= 0.3 is 0 Å². The fourth-order valence-electron chi connectivity index (χ4n) is 1.57. The van der Waals surface area contributed by atoms with E-state index in [1.54, 1.807) is 18.3 Å². The van der Waals surface area contributed by atoms with Crippen LogP contribution in [-0.2, 0) is 6.61 Å². The van der Waals surface area contributed by atoms with E-state index in [1.807, 2.05) is 24.3 Å². The number of aliphatic hydroxyl groups is 1. The zero-order chi connectivity index (χ0) is 13.5. The molecule has 2 aromatic rings. The van der Waals surface area contributed by atoms with Gasteiger partial charge in [0.05, 0.1) is 18.9 Å². The lowest BCUT2D eigenvalue weighted by Gasteiger charge is -2.08. The Morgan fingerprint density at radius 2 is 1.79 bits per heavy atom. The molecule has 4 nitrogen and oxygen atoms in total. The Kier molecular flexibility index (Phi) is 4.75. The van der Waals surface area contributed by atoms with Gasteiger partial charge in [0.25, 0.3) is 0 Å². The SMILES string of the molecule is CCCOc1ccc(Oc2ccnc(CO)c2)cc1. The number of hydrogen-bond acceptors (Lipinski definition) is 4. The highest BCUT2D eigenvalue weighted by Gasteiger charge is 2.00. The van der Waals surface area contributed by atoms with Crippen molar-refractivity contribution >= 4 is 0 Å². The van der Waals surface area contributed by atoms with Crippen LogP contribution in [0.25, 0.3) is 0 Å². The molecule has 1 aromatic carbocycles. The second-order valence-corrected chi connectivity index (χ2v) is 4.06. The van der Waals surface area contributed by atoms with Crippen molar-refractivity contribution < 1.29 is 14.6 Å². The number of benzene rings is 1. The van der Waals surface area contributed by atoms with Crippen LogP contribution in [0.4, 0.5) is 0 Å². The summed E-state index contributed by atoms with van der Waals surface area (Å²) < 4.78 is 11.2. The van der Waals surface area contributed by atoms with Crippen LogP contribution in [0.1, 0.15) is 19.0 Å². The van der Waals surface area contributed by atoms with Crippen LogP contribution >= 0.6 is 0 Å². The van der Waals surface area contributed by atoms with Gasteiger partial charge in [-0.05, 0) is 36.8 Å². The Labute approximate surface area is 112 Å². The normalized spacial score (nSPS) is 10.2. The van der Waals surface area contributed by atoms with Crippen LogP contribution in [0.2, 0.25) is 0 Å². The third kappa shape index (κ3) is 3.96. The highest BCUT2D eigenvalue weighted by atomic mass is 16.5. The zero-order valence-electron chi connectivity index (χ0n) is 10.9. The van der Waals surface area contributed by atoms with E-state index in [0.29, 0.717) is 18.1 Å². The fourth-order valence-corrected chi connectivity index (χ4v) is 1.57. The molecule has 0 saturated heterocycles. The molecule has 0 bridgehead atoms. The van der Waals surface area contributed by atoms with Crippen LogP contribution in [0, 0.1) is 0 Å². The number of aromatic nitrogens is 1. The monoisotopic (exact) mass is 259 g/mol. The molecule has 0 atom stereocenters. The average Bonchev–Trinajstić information content (AvgIpc) is 2.47. The molecule has 0 aliphatic heterocycles. The number of ether oxygens (including phenoxy) is 2. The Bertz CT molecular complexity index is 511. The van der Waals surface area contributed by atoms with Gasteiger partial charge in [0.2, 0.25) is 0 Å². The summed E-state index contributed by atoms with van der Waals surface area (Å²) in [6, 6.07) is 10.9. The standard InChI is InChI=1S/C15H17NO3/c1-2-9-18-13-3-5-14(6-4-13)19-15-7-8-16-12(10-15)11-17/h3-8,10,17H,2,9,11H2,1H3. The second kappa shape index (κ2) is 6.75. The maximum atomic E-state index is 9.01. The molecular formula is C15H17NO3. The molecule has 0 unspecified atom stereocenters. The first kappa shape index (κ1) is 13.4. The molecule has 0 amide bonds. The summed E-state index contributed by atoms with van der Waals surface area (Å²) in [6.45, 7) is 2.69. The largest absolute Gasteiger partial charge is 0.494 e. The molecule has 0 aliphatic rings. The Hall–Kier alpha value is -2.07. The first-order valence-electron chi connectivity index (χ1n) is 6.28. The third-order valence-corrected chi connectivity index (χ3v) is 2.48. The van der Waals surface area contributed by atoms with E-state index in [1.165, 1.54) is 0 Å². The lowest BCUT2D eigenvalue weighted by atomic mass is 10.3. The van der Waals surface area contributed by atoms with Crippen LogP contribution in [0.3, 0.4) is 0 Å². The third-order valence-electron chi connectivity index (χ3n) is 2.48. The predicted octanol–water partition coefficient (Wildman–Crippen LogP) is 3.16. The van der Waals surface area contributed by atoms with E-state index in [9.17, 15) is 0 Å². The molecule has 0 spiro atoms. The summed E-state index contributed by atoms with van der Waals surface area (Å²) in [5.41, 5.74) is 0.584. The number of hydrogen-bond donors (Lipinski definition) is 1. The molecule has 0 radical (unpaired) electrons. The molecule has 0 fully saturated rings. The summed E-state index contributed by atoms with van der Waals surface area (Å²) in [6.07, 6.45) is 2.60. The van der Waals surface area contributed by atoms with Crippen molar-refractivity contribution in [3.63, 3.8) is 0 Å². The van der Waals surface area contributed by atoms with Gasteiger partial charge in [0.15, 0.2) is 0 Å². The van der Waals surface area contributed by atoms with Crippen LogP contribution in [0.5, 0.6) is 17.2 Å². The lowest BCUT2D eigenvalue weighted by Crippen LogP contribution is -1.94. The van der Waals surface area contributed by atoms with Crippen molar-refractivity contribution in [1.82, 2.24) is 4.98 Å². The number of nitrogens with zero attached hydrogens (tertiary/aromatic N) is 1. The van der Waals surface area contributed by atoms with Crippen molar-refractivity contribution in [2.45, 2.75) is 20.0 Å². The molecule has 1 N–H and O–H groups in total. The van der Waals surface area contributed by atoms with Gasteiger partial charge < -0.3 is 14.6 Å². The van der Waals surface area contributed by atoms with Crippen molar-refractivity contribution in [2.75, 3.05) is 6.61 Å². The van der Waals surface area contributed by atoms with Gasteiger partial charge in [-0.25, -0.2) is 0 Å². The topological polar surface area (TPSA) is 51.6 Å². The zero-order valence-corrected chi connectivity index (χ0v) is 10.9. The molecule has 1 aromatic heterocycles. The van der Waals surface area contributed by atoms with E-state index in [0.717, 1.165) is 17.9 Å². The molecule has 2 rings (SSSR count). The number of aliphatic hydroxyl groups excluding tert-OH is 1. The van der Waals surface area contributed by atoms with Crippen LogP contribution < -0.4 is 9.47 Å². The Morgan fingerprint density at radius 3 is 2.47 bits per heavy atom. The highest BCUT2D eigenvalue weighted by Crippen LogP contribution is 2.24. The minimum atomic E-state index is -0.0962. The first-order valence-corrected chi connectivity index (χ1v) is 6.28. The fraction of sp³-hybridized carbons (Fsp3) is 0.267. The Morgan fingerprint density at radius 1 is 1.05 bits per heavy atom. The molecule has 4 heteroatoms. The molecule has 1 heterocycles. The first-order chi connectivity index (χ1) is 9.31. The maximum absolute atomic E-state index is 9.01. The summed E-state index contributed by atoms with van der Waals surface area (Å²) in [5.74, 6) is 2.21. The molecule has 100 valence electrons. The average molecular weight is 259 g/mol. The smallest absolute Gasteiger partial charge is 0.130 e. The summed E-state index contributed by atoms with van der Waals surface area (Å²) >= 11 is 0. The van der Waals surface area contributed by atoms with Crippen molar-refractivity contribution in [1.29, 1.82) is 0 Å². The van der Waals surface area contributed by atoms with E-state index >= 15 is 0 Å². The summed E-state index contributed by atoms with van der Waals surface area (Å²) in [4.78, 5) is 4.00. The van der Waals surface area contributed by atoms with Gasteiger partial charge in [-0.2, -0.15) is 0 Å². The van der Waals surface area contributed by atoms with Crippen molar-refractivity contribution in [2.24, 2.45) is 0 Å². The van der Waals surface area contributed by atoms with Crippen molar-refractivity contribution in [3.8, 4) is 17.2 Å². The minimum Gasteiger partial charge on any atom is -0.494 e. The molecular weight excluding hydrogens is 242 g/mol. The van der Waals surface area contributed by atoms with Gasteiger partial charge in [-0.3, -0.25) is 4.98 Å². The quantitative estimate of drug-likeness (QED) is 0.865. The number of pyridine rings is 1. The van der Waals surface area contributed by atoms with Gasteiger partial charge in [-0.15, -0.1) is 0 Å². The molecule has 19 heavy (non-hydrogen) atoms. The van der Waals surface area contributed by atoms with Gasteiger partial charge in [-0.1, -0.05) is 6.92 Å². The predicted molar refractivity (Wildman–Crippen MR) is 72.5 cm³/mol. The van der Waals surface area contributed by atoms with Gasteiger partial charge in [0, 0.05) is 12.3 Å². The summed E-state index contributed by atoms with van der Waals surface area (Å²) in [5, 5.41) is 9.01. The van der Waals surface area contributed by atoms with E-state index in [-0.39, 0.29) is 6.61 Å². The van der Waals surface area contributed by atoms with Gasteiger partial charge in [0.1, 0.15) is 17.2 Å². The van der Waals surface area contributed by atoms with Crippen LogP contribution in [0.15, 0.2) is 42.6 Å². The minimum absolute atomic E-state index is 0.0962. The van der Waals surface area contributed by atoms with Crippen LogP contribution in [-0.4, -0.2) is 16.7 Å². The van der Waals surface area contributed by atoms with Crippen molar-refractivity contribution in [3.05, 3.63) is 48.3 Å².